The summed E-state index contributed by atoms with van der Waals surface area (Å²) in [6.07, 6.45) is 0.814. The third-order valence-corrected chi connectivity index (χ3v) is 3.39. The summed E-state index contributed by atoms with van der Waals surface area (Å²) in [6.45, 7) is 3.31. The van der Waals surface area contributed by atoms with Crippen molar-refractivity contribution in [2.45, 2.75) is 19.9 Å². The van der Waals surface area contributed by atoms with E-state index in [-0.39, 0.29) is 5.69 Å². The molecule has 2 heterocycles. The van der Waals surface area contributed by atoms with E-state index in [2.05, 4.69) is 20.8 Å². The highest BCUT2D eigenvalue weighted by Gasteiger charge is 2.22. The fraction of sp³-hybridized carbons (Fsp3) is 0.286. The van der Waals surface area contributed by atoms with E-state index < -0.39 is 11.7 Å². The molecular formula is C14H15FN4O. The van der Waals surface area contributed by atoms with Gasteiger partial charge in [0.05, 0.1) is 5.69 Å². The molecule has 1 aromatic carbocycles. The number of aromatic amines is 1. The van der Waals surface area contributed by atoms with Gasteiger partial charge in [0, 0.05) is 30.8 Å². The number of hydrogen-bond acceptors (Lipinski definition) is 3. The van der Waals surface area contributed by atoms with Crippen LogP contribution in [-0.2, 0) is 13.0 Å². The molecule has 1 aliphatic rings. The van der Waals surface area contributed by atoms with Gasteiger partial charge in [0.2, 0.25) is 0 Å². The number of aryl methyl sites for hydroxylation is 1. The van der Waals surface area contributed by atoms with Crippen LogP contribution in [0.2, 0.25) is 0 Å². The third-order valence-electron chi connectivity index (χ3n) is 3.39. The van der Waals surface area contributed by atoms with Gasteiger partial charge in [-0.1, -0.05) is 6.07 Å². The molecule has 0 atom stereocenters. The second kappa shape index (κ2) is 5.05. The molecule has 2 aromatic rings. The Morgan fingerprint density at radius 2 is 2.30 bits per heavy atom. The molecule has 1 amide bonds. The van der Waals surface area contributed by atoms with Crippen LogP contribution >= 0.6 is 0 Å². The van der Waals surface area contributed by atoms with E-state index in [1.54, 1.807) is 12.1 Å². The maximum Gasteiger partial charge on any atom is 0.276 e. The van der Waals surface area contributed by atoms with Crippen LogP contribution in [0, 0.1) is 12.7 Å². The topological polar surface area (TPSA) is 69.8 Å². The van der Waals surface area contributed by atoms with Gasteiger partial charge < -0.3 is 10.6 Å². The molecule has 20 heavy (non-hydrogen) atoms. The smallest absolute Gasteiger partial charge is 0.276 e. The maximum atomic E-state index is 13.7. The zero-order chi connectivity index (χ0) is 14.1. The lowest BCUT2D eigenvalue weighted by molar-refractivity contribution is 0.102. The lowest BCUT2D eigenvalue weighted by atomic mass is 10.1. The SMILES string of the molecule is Cc1ccc(F)c(NC(=O)c2n[nH]c3c2CNCC3)c1. The quantitative estimate of drug-likeness (QED) is 0.781. The van der Waals surface area contributed by atoms with Gasteiger partial charge in [-0.2, -0.15) is 5.10 Å². The van der Waals surface area contributed by atoms with Crippen molar-refractivity contribution in [1.82, 2.24) is 15.5 Å². The van der Waals surface area contributed by atoms with Crippen molar-refractivity contribution < 1.29 is 9.18 Å². The van der Waals surface area contributed by atoms with Gasteiger partial charge >= 0.3 is 0 Å². The maximum absolute atomic E-state index is 13.7. The van der Waals surface area contributed by atoms with E-state index >= 15 is 0 Å². The van der Waals surface area contributed by atoms with Crippen molar-refractivity contribution in [2.24, 2.45) is 0 Å². The molecule has 3 rings (SSSR count). The first-order chi connectivity index (χ1) is 9.65. The van der Waals surface area contributed by atoms with Crippen molar-refractivity contribution in [3.63, 3.8) is 0 Å². The zero-order valence-electron chi connectivity index (χ0n) is 11.1. The average Bonchev–Trinajstić information content (AvgIpc) is 2.87. The lowest BCUT2D eigenvalue weighted by Gasteiger charge is -2.13. The summed E-state index contributed by atoms with van der Waals surface area (Å²) in [5, 5.41) is 12.7. The highest BCUT2D eigenvalue weighted by Crippen LogP contribution is 2.19. The van der Waals surface area contributed by atoms with Crippen molar-refractivity contribution in [2.75, 3.05) is 11.9 Å². The summed E-state index contributed by atoms with van der Waals surface area (Å²) in [6, 6.07) is 4.60. The number of nitrogens with one attached hydrogen (secondary N) is 3. The molecular weight excluding hydrogens is 259 g/mol. The van der Waals surface area contributed by atoms with Gasteiger partial charge in [-0.3, -0.25) is 9.89 Å². The first-order valence-corrected chi connectivity index (χ1v) is 6.49. The number of rotatable bonds is 2. The number of fused-ring (bicyclic) bond motifs is 1. The average molecular weight is 274 g/mol. The van der Waals surface area contributed by atoms with Crippen LogP contribution in [-0.4, -0.2) is 22.6 Å². The number of nitrogens with zero attached hydrogens (tertiary/aromatic N) is 1. The molecule has 1 aromatic heterocycles. The van der Waals surface area contributed by atoms with E-state index in [0.29, 0.717) is 12.2 Å². The number of benzene rings is 1. The van der Waals surface area contributed by atoms with Crippen LogP contribution in [0.4, 0.5) is 10.1 Å². The van der Waals surface area contributed by atoms with Crippen LogP contribution in [0.25, 0.3) is 0 Å². The van der Waals surface area contributed by atoms with Crippen molar-refractivity contribution >= 4 is 11.6 Å². The van der Waals surface area contributed by atoms with E-state index in [1.807, 2.05) is 6.92 Å². The van der Waals surface area contributed by atoms with Crippen LogP contribution in [0.5, 0.6) is 0 Å². The molecule has 6 heteroatoms. The highest BCUT2D eigenvalue weighted by atomic mass is 19.1. The normalized spacial score (nSPS) is 13.9. The first-order valence-electron chi connectivity index (χ1n) is 6.49. The van der Waals surface area contributed by atoms with Gasteiger partial charge in [0.25, 0.3) is 5.91 Å². The fourth-order valence-electron chi connectivity index (χ4n) is 2.33. The number of aromatic nitrogens is 2. The number of amides is 1. The Morgan fingerprint density at radius 1 is 1.45 bits per heavy atom. The molecule has 0 radical (unpaired) electrons. The second-order valence-corrected chi connectivity index (χ2v) is 4.89. The van der Waals surface area contributed by atoms with Crippen molar-refractivity contribution in [3.8, 4) is 0 Å². The van der Waals surface area contributed by atoms with Crippen LogP contribution in [0.15, 0.2) is 18.2 Å². The van der Waals surface area contributed by atoms with Gasteiger partial charge in [-0.05, 0) is 24.6 Å². The lowest BCUT2D eigenvalue weighted by Crippen LogP contribution is -2.25. The molecule has 0 aliphatic carbocycles. The molecule has 104 valence electrons. The standard InChI is InChI=1S/C14H15FN4O/c1-8-2-3-10(15)12(6-8)17-14(20)13-9-7-16-5-4-11(9)18-19-13/h2-3,6,16H,4-5,7H2,1H3,(H,17,20)(H,18,19). The monoisotopic (exact) mass is 274 g/mol. The summed E-state index contributed by atoms with van der Waals surface area (Å²) in [5.41, 5.74) is 3.22. The van der Waals surface area contributed by atoms with Crippen LogP contribution in [0.1, 0.15) is 27.3 Å². The molecule has 0 unspecified atom stereocenters. The van der Waals surface area contributed by atoms with E-state index in [0.717, 1.165) is 29.8 Å². The van der Waals surface area contributed by atoms with Gasteiger partial charge in [-0.15, -0.1) is 0 Å². The second-order valence-electron chi connectivity index (χ2n) is 4.89. The van der Waals surface area contributed by atoms with Crippen LogP contribution < -0.4 is 10.6 Å². The molecule has 3 N–H and O–H groups in total. The molecule has 0 fully saturated rings. The summed E-state index contributed by atoms with van der Waals surface area (Å²) < 4.78 is 13.7. The number of H-pyrrole nitrogens is 1. The van der Waals surface area contributed by atoms with E-state index in [1.165, 1.54) is 6.07 Å². The summed E-state index contributed by atoms with van der Waals surface area (Å²) >= 11 is 0. The molecule has 0 saturated heterocycles. The summed E-state index contributed by atoms with van der Waals surface area (Å²) in [7, 11) is 0. The number of halogens is 1. The van der Waals surface area contributed by atoms with E-state index in [9.17, 15) is 9.18 Å². The number of anilines is 1. The predicted molar refractivity (Wildman–Crippen MR) is 73.1 cm³/mol. The number of hydrogen-bond donors (Lipinski definition) is 3. The van der Waals surface area contributed by atoms with Gasteiger partial charge in [-0.25, -0.2) is 4.39 Å². The minimum Gasteiger partial charge on any atom is -0.318 e. The summed E-state index contributed by atoms with van der Waals surface area (Å²) in [4.78, 5) is 12.2. The molecule has 0 saturated carbocycles. The molecule has 1 aliphatic heterocycles. The fourth-order valence-corrected chi connectivity index (χ4v) is 2.33. The third kappa shape index (κ3) is 2.30. The van der Waals surface area contributed by atoms with Crippen LogP contribution in [0.3, 0.4) is 0 Å². The van der Waals surface area contributed by atoms with Crippen molar-refractivity contribution in [1.29, 1.82) is 0 Å². The Labute approximate surface area is 115 Å². The largest absolute Gasteiger partial charge is 0.318 e. The summed E-state index contributed by atoms with van der Waals surface area (Å²) in [5.74, 6) is -0.845. The van der Waals surface area contributed by atoms with Gasteiger partial charge in [0.1, 0.15) is 5.82 Å². The zero-order valence-corrected chi connectivity index (χ0v) is 11.1. The molecule has 0 spiro atoms. The van der Waals surface area contributed by atoms with Crippen molar-refractivity contribution in [3.05, 3.63) is 46.5 Å². The highest BCUT2D eigenvalue weighted by molar-refractivity contribution is 6.04. The minimum atomic E-state index is -0.452. The predicted octanol–water partition coefficient (Wildman–Crippen LogP) is 1.76. The first kappa shape index (κ1) is 12.8. The molecule has 0 bridgehead atoms. The Morgan fingerprint density at radius 3 is 3.15 bits per heavy atom. The Hall–Kier alpha value is -2.21. The Bertz CT molecular complexity index is 665. The Balaban J connectivity index is 1.86. The Kier molecular flexibility index (Phi) is 3.23. The number of carbonyl (C=O) groups is 1. The number of carbonyl (C=O) groups excluding carboxylic acids is 1. The van der Waals surface area contributed by atoms with E-state index in [4.69, 9.17) is 0 Å². The molecule has 5 nitrogen and oxygen atoms in total. The minimum absolute atomic E-state index is 0.176. The van der Waals surface area contributed by atoms with Gasteiger partial charge in [0.15, 0.2) is 5.69 Å².